The van der Waals surface area contributed by atoms with Gasteiger partial charge in [0.25, 0.3) is 11.8 Å². The second kappa shape index (κ2) is 11.9. The smallest absolute Gasteiger partial charge is 0.418 e. The Bertz CT molecular complexity index is 1460. The number of anilines is 3. The van der Waals surface area contributed by atoms with E-state index in [9.17, 15) is 27.9 Å². The molecule has 1 aliphatic rings. The number of hydrogen-bond acceptors (Lipinski definition) is 6. The fraction of sp³-hybridized carbons (Fsp3) is 0.300. The minimum absolute atomic E-state index is 0.0670. The lowest BCUT2D eigenvalue weighted by atomic mass is 9.90. The van der Waals surface area contributed by atoms with Crippen molar-refractivity contribution in [1.82, 2.24) is 5.32 Å². The van der Waals surface area contributed by atoms with E-state index >= 15 is 0 Å². The molecule has 0 unspecified atom stereocenters. The zero-order valence-corrected chi connectivity index (χ0v) is 23.2. The molecule has 2 amide bonds. The number of carbonyl (C=O) groups is 2. The molecule has 216 valence electrons. The third-order valence-corrected chi connectivity index (χ3v) is 7.03. The fourth-order valence-corrected chi connectivity index (χ4v) is 4.77. The van der Waals surface area contributed by atoms with Crippen molar-refractivity contribution in [2.75, 3.05) is 42.5 Å². The number of carbonyl (C=O) groups excluding carboxylic acids is 2. The molecule has 0 aliphatic carbocycles. The second-order valence-corrected chi connectivity index (χ2v) is 10.2. The highest BCUT2D eigenvalue weighted by atomic mass is 19.4. The van der Waals surface area contributed by atoms with Crippen molar-refractivity contribution in [3.63, 3.8) is 0 Å². The molecule has 3 aromatic rings. The monoisotopic (exact) mass is 567 g/mol. The van der Waals surface area contributed by atoms with E-state index in [2.05, 4.69) is 10.4 Å². The Morgan fingerprint density at radius 2 is 1.68 bits per heavy atom. The molecular formula is C30H32F3N5O3. The SMILES string of the molecule is C[C@H](NC(=O)C1=NN(c2ccccc2C(F)(F)F)C(=O)C1)[C@@H](CN(C)c1cccc(N(C)C)c1)c1ccccc1O. The van der Waals surface area contributed by atoms with Crippen molar-refractivity contribution in [3.05, 3.63) is 83.9 Å². The molecule has 1 aliphatic heterocycles. The number of halogens is 3. The van der Waals surface area contributed by atoms with Gasteiger partial charge in [0.1, 0.15) is 11.5 Å². The van der Waals surface area contributed by atoms with Crippen molar-refractivity contribution < 1.29 is 27.9 Å². The summed E-state index contributed by atoms with van der Waals surface area (Å²) in [6, 6.07) is 18.8. The number of amides is 2. The predicted octanol–water partition coefficient (Wildman–Crippen LogP) is 4.99. The van der Waals surface area contributed by atoms with E-state index in [1.165, 1.54) is 12.1 Å². The molecule has 2 N–H and O–H groups in total. The molecule has 11 heteroatoms. The highest BCUT2D eigenvalue weighted by molar-refractivity contribution is 6.44. The van der Waals surface area contributed by atoms with Crippen LogP contribution in [0.15, 0.2) is 77.9 Å². The van der Waals surface area contributed by atoms with Crippen LogP contribution in [-0.4, -0.2) is 56.4 Å². The molecule has 1 heterocycles. The number of para-hydroxylation sites is 2. The quantitative estimate of drug-likeness (QED) is 0.380. The Balaban J connectivity index is 1.58. The average Bonchev–Trinajstić information content (AvgIpc) is 3.33. The summed E-state index contributed by atoms with van der Waals surface area (Å²) < 4.78 is 40.6. The first-order valence-electron chi connectivity index (χ1n) is 13.0. The molecule has 0 spiro atoms. The van der Waals surface area contributed by atoms with Gasteiger partial charge in [-0.25, -0.2) is 0 Å². The molecule has 0 aromatic heterocycles. The molecule has 2 atom stereocenters. The van der Waals surface area contributed by atoms with Gasteiger partial charge in [-0.2, -0.15) is 23.3 Å². The Morgan fingerprint density at radius 1 is 1.02 bits per heavy atom. The second-order valence-electron chi connectivity index (χ2n) is 10.2. The Morgan fingerprint density at radius 3 is 2.37 bits per heavy atom. The summed E-state index contributed by atoms with van der Waals surface area (Å²) in [5.74, 6) is -1.74. The molecule has 4 rings (SSSR count). The average molecular weight is 568 g/mol. The van der Waals surface area contributed by atoms with Crippen LogP contribution in [0.1, 0.15) is 30.4 Å². The largest absolute Gasteiger partial charge is 0.508 e. The van der Waals surface area contributed by atoms with Crippen LogP contribution in [0, 0.1) is 0 Å². The summed E-state index contributed by atoms with van der Waals surface area (Å²) >= 11 is 0. The zero-order chi connectivity index (χ0) is 29.9. The number of hydrogen-bond donors (Lipinski definition) is 2. The first kappa shape index (κ1) is 29.4. The number of hydrazone groups is 1. The van der Waals surface area contributed by atoms with Crippen LogP contribution in [-0.2, 0) is 15.8 Å². The highest BCUT2D eigenvalue weighted by Crippen LogP contribution is 2.38. The number of phenolic OH excluding ortho intramolecular Hbond substituents is 1. The van der Waals surface area contributed by atoms with E-state index in [1.54, 1.807) is 31.2 Å². The summed E-state index contributed by atoms with van der Waals surface area (Å²) in [5.41, 5.74) is 0.904. The zero-order valence-electron chi connectivity index (χ0n) is 23.2. The third kappa shape index (κ3) is 6.62. The maximum atomic E-state index is 13.5. The Hall–Kier alpha value is -4.54. The molecule has 41 heavy (non-hydrogen) atoms. The third-order valence-electron chi connectivity index (χ3n) is 7.03. The summed E-state index contributed by atoms with van der Waals surface area (Å²) in [5, 5.41) is 18.1. The van der Waals surface area contributed by atoms with Crippen LogP contribution in [0.4, 0.5) is 30.2 Å². The predicted molar refractivity (Wildman–Crippen MR) is 153 cm³/mol. The molecule has 0 radical (unpaired) electrons. The number of benzene rings is 3. The van der Waals surface area contributed by atoms with E-state index in [1.807, 2.05) is 55.2 Å². The number of likely N-dealkylation sites (N-methyl/N-ethyl adjacent to an activating group) is 1. The molecule has 3 aromatic carbocycles. The van der Waals surface area contributed by atoms with Crippen molar-refractivity contribution in [1.29, 1.82) is 0 Å². The topological polar surface area (TPSA) is 88.5 Å². The van der Waals surface area contributed by atoms with E-state index in [0.29, 0.717) is 17.1 Å². The number of rotatable bonds is 9. The first-order chi connectivity index (χ1) is 19.4. The van der Waals surface area contributed by atoms with E-state index < -0.39 is 47.6 Å². The minimum atomic E-state index is -4.70. The van der Waals surface area contributed by atoms with Gasteiger partial charge in [0.05, 0.1) is 17.7 Å². The van der Waals surface area contributed by atoms with Crippen LogP contribution in [0.2, 0.25) is 0 Å². The van der Waals surface area contributed by atoms with Gasteiger partial charge in [0, 0.05) is 56.6 Å². The van der Waals surface area contributed by atoms with Crippen LogP contribution in [0.3, 0.4) is 0 Å². The van der Waals surface area contributed by atoms with Crippen LogP contribution < -0.4 is 20.1 Å². The van der Waals surface area contributed by atoms with E-state index in [4.69, 9.17) is 0 Å². The van der Waals surface area contributed by atoms with Crippen LogP contribution in [0.5, 0.6) is 5.75 Å². The molecule has 0 fully saturated rings. The maximum absolute atomic E-state index is 13.5. The lowest BCUT2D eigenvalue weighted by Gasteiger charge is -2.31. The van der Waals surface area contributed by atoms with Gasteiger partial charge in [-0.1, -0.05) is 36.4 Å². The summed E-state index contributed by atoms with van der Waals surface area (Å²) in [6.45, 7) is 2.18. The van der Waals surface area contributed by atoms with Crippen molar-refractivity contribution in [2.45, 2.75) is 31.5 Å². The molecular weight excluding hydrogens is 535 g/mol. The van der Waals surface area contributed by atoms with Gasteiger partial charge in [-0.3, -0.25) is 9.59 Å². The summed E-state index contributed by atoms with van der Waals surface area (Å²) in [6.07, 6.45) is -5.14. The summed E-state index contributed by atoms with van der Waals surface area (Å²) in [4.78, 5) is 29.9. The molecule has 0 bridgehead atoms. The number of alkyl halides is 3. The lowest BCUT2D eigenvalue weighted by Crippen LogP contribution is -2.43. The number of aromatic hydroxyl groups is 1. The van der Waals surface area contributed by atoms with Gasteiger partial charge < -0.3 is 20.2 Å². The highest BCUT2D eigenvalue weighted by Gasteiger charge is 2.39. The summed E-state index contributed by atoms with van der Waals surface area (Å²) in [7, 11) is 5.80. The molecule has 0 saturated heterocycles. The van der Waals surface area contributed by atoms with Crippen LogP contribution in [0.25, 0.3) is 0 Å². The normalized spacial score (nSPS) is 14.9. The van der Waals surface area contributed by atoms with Gasteiger partial charge in [-0.05, 0) is 43.3 Å². The van der Waals surface area contributed by atoms with Gasteiger partial charge >= 0.3 is 6.18 Å². The van der Waals surface area contributed by atoms with Crippen molar-refractivity contribution in [3.8, 4) is 5.75 Å². The Labute approximate surface area is 236 Å². The van der Waals surface area contributed by atoms with Crippen molar-refractivity contribution >= 4 is 34.6 Å². The van der Waals surface area contributed by atoms with Crippen molar-refractivity contribution in [2.24, 2.45) is 5.10 Å². The number of phenols is 1. The standard InChI is InChI=1S/C30H32F3N5O3/c1-19(34-29(41)25-17-28(40)38(35-25)26-14-7-6-13-24(26)30(31,32)33)23(22-12-5-8-15-27(22)39)18-37(4)21-11-9-10-20(16-21)36(2)3/h5-16,19,23,39H,17-18H2,1-4H3,(H,34,41)/t19-,23+/m0/s1. The number of nitrogens with one attached hydrogen (secondary N) is 1. The fourth-order valence-electron chi connectivity index (χ4n) is 4.77. The maximum Gasteiger partial charge on any atom is 0.418 e. The van der Waals surface area contributed by atoms with E-state index in [-0.39, 0.29) is 11.5 Å². The first-order valence-corrected chi connectivity index (χ1v) is 13.0. The lowest BCUT2D eigenvalue weighted by molar-refractivity contribution is -0.137. The number of nitrogens with zero attached hydrogens (tertiary/aromatic N) is 4. The Kier molecular flexibility index (Phi) is 8.55. The molecule has 0 saturated carbocycles. The van der Waals surface area contributed by atoms with E-state index in [0.717, 1.165) is 23.5 Å². The minimum Gasteiger partial charge on any atom is -0.508 e. The molecule has 8 nitrogen and oxygen atoms in total. The van der Waals surface area contributed by atoms with Gasteiger partial charge in [-0.15, -0.1) is 0 Å². The van der Waals surface area contributed by atoms with Gasteiger partial charge in [0.2, 0.25) is 0 Å². The van der Waals surface area contributed by atoms with Gasteiger partial charge in [0.15, 0.2) is 0 Å². The van der Waals surface area contributed by atoms with Crippen LogP contribution >= 0.6 is 0 Å².